The minimum absolute atomic E-state index is 0.121. The van der Waals surface area contributed by atoms with E-state index < -0.39 is 5.78 Å². The van der Waals surface area contributed by atoms with Crippen molar-refractivity contribution in [3.05, 3.63) is 39.7 Å². The van der Waals surface area contributed by atoms with Gasteiger partial charge in [-0.2, -0.15) is 0 Å². The molecule has 1 N–H and O–H groups in total. The Hall–Kier alpha value is -2.19. The third-order valence-corrected chi connectivity index (χ3v) is 2.04. The molecule has 0 fully saturated rings. The fourth-order valence-corrected chi connectivity index (χ4v) is 1.43. The van der Waals surface area contributed by atoms with Gasteiger partial charge in [-0.15, -0.1) is 0 Å². The van der Waals surface area contributed by atoms with Crippen molar-refractivity contribution in [1.82, 2.24) is 0 Å². The molecule has 0 saturated heterocycles. The first kappa shape index (κ1) is 8.41. The van der Waals surface area contributed by atoms with E-state index >= 15 is 0 Å². The molecule has 2 rings (SSSR count). The van der Waals surface area contributed by atoms with Crippen molar-refractivity contribution >= 4 is 17.2 Å². The zero-order chi connectivity index (χ0) is 10.1. The molecule has 0 saturated carbocycles. The van der Waals surface area contributed by atoms with Crippen molar-refractivity contribution in [2.75, 3.05) is 0 Å². The van der Waals surface area contributed by atoms with Crippen molar-refractivity contribution < 1.29 is 14.9 Å². The summed E-state index contributed by atoms with van der Waals surface area (Å²) in [5, 5.41) is 18.0. The van der Waals surface area contributed by atoms with Crippen molar-refractivity contribution in [2.45, 2.75) is 0 Å². The van der Waals surface area contributed by atoms with E-state index in [2.05, 4.69) is 9.86 Å². The van der Waals surface area contributed by atoms with E-state index in [4.69, 9.17) is 10.7 Å². The zero-order valence-electron chi connectivity index (χ0n) is 6.97. The standard InChI is InChI=1S/C9H4N2O3/c10-11-7-5-3-1-2-4-6(5)9(14-13)8(7)12/h1-4H/p+1. The molecule has 5 nitrogen and oxygen atoms in total. The third kappa shape index (κ3) is 0.917. The number of hydrogen-bond acceptors (Lipinski definition) is 4. The summed E-state index contributed by atoms with van der Waals surface area (Å²) in [5.74, 6) is -0.843. The van der Waals surface area contributed by atoms with Gasteiger partial charge in [0.25, 0.3) is 0 Å². The van der Waals surface area contributed by atoms with Gasteiger partial charge >= 0.3 is 11.5 Å². The fraction of sp³-hybridized carbons (Fsp3) is 0. The van der Waals surface area contributed by atoms with Crippen LogP contribution in [0.25, 0.3) is 16.4 Å². The van der Waals surface area contributed by atoms with Gasteiger partial charge in [-0.3, -0.25) is 4.79 Å². The average Bonchev–Trinajstić information content (AvgIpc) is 2.49. The van der Waals surface area contributed by atoms with Crippen molar-refractivity contribution in [2.24, 2.45) is 0 Å². The molecule has 1 aliphatic carbocycles. The first-order valence-electron chi connectivity index (χ1n) is 3.84. The van der Waals surface area contributed by atoms with Gasteiger partial charge in [-0.1, -0.05) is 18.2 Å². The topological polar surface area (TPSA) is 74.7 Å². The Morgan fingerprint density at radius 2 is 1.93 bits per heavy atom. The Balaban J connectivity index is 2.98. The Kier molecular flexibility index (Phi) is 1.77. The van der Waals surface area contributed by atoms with Crippen LogP contribution in [0.3, 0.4) is 0 Å². The van der Waals surface area contributed by atoms with Crippen LogP contribution in [0.2, 0.25) is 0 Å². The van der Waals surface area contributed by atoms with Crippen molar-refractivity contribution in [3.63, 3.8) is 0 Å². The summed E-state index contributed by atoms with van der Waals surface area (Å²) in [6.07, 6.45) is 0. The third-order valence-electron chi connectivity index (χ3n) is 2.04. The van der Waals surface area contributed by atoms with Gasteiger partial charge in [0.15, 0.2) is 4.98 Å². The lowest BCUT2D eigenvalue weighted by Crippen LogP contribution is -2.23. The van der Waals surface area contributed by atoms with E-state index in [0.29, 0.717) is 10.4 Å². The summed E-state index contributed by atoms with van der Waals surface area (Å²) in [6, 6.07) is 6.58. The molecule has 68 valence electrons. The number of benzene rings is 1. The number of fused-ring (bicyclic) bond motifs is 1. The van der Waals surface area contributed by atoms with Crippen molar-refractivity contribution in [1.29, 1.82) is 5.39 Å². The Morgan fingerprint density at radius 1 is 1.29 bits per heavy atom. The van der Waals surface area contributed by atoms with Crippen LogP contribution in [-0.2, 0) is 9.68 Å². The first-order chi connectivity index (χ1) is 6.79. The second-order valence-electron chi connectivity index (χ2n) is 2.74. The number of diazo groups is 1. The molecule has 0 unspecified atom stereocenters. The fourth-order valence-electron chi connectivity index (χ4n) is 1.43. The highest BCUT2D eigenvalue weighted by atomic mass is 17.1. The van der Waals surface area contributed by atoms with Crippen LogP contribution in [0, 0.1) is 5.39 Å². The number of hydrogen-bond donors (Lipinski definition) is 1. The van der Waals surface area contributed by atoms with Crippen LogP contribution in [0.5, 0.6) is 0 Å². The van der Waals surface area contributed by atoms with E-state index in [1.165, 1.54) is 0 Å². The zero-order valence-corrected chi connectivity index (χ0v) is 6.97. The second kappa shape index (κ2) is 2.94. The normalized spacial score (nSPS) is 13.9. The molecular weight excluding hydrogens is 184 g/mol. The Labute approximate surface area is 78.1 Å². The van der Waals surface area contributed by atoms with Gasteiger partial charge in [0.1, 0.15) is 0 Å². The predicted molar refractivity (Wildman–Crippen MR) is 46.3 cm³/mol. The van der Waals surface area contributed by atoms with E-state index in [0.717, 1.165) is 0 Å². The molecule has 1 aromatic carbocycles. The maximum Gasteiger partial charge on any atom is 0.443 e. The number of ketones is 1. The maximum atomic E-state index is 11.4. The monoisotopic (exact) mass is 189 g/mol. The molecule has 0 atom stereocenters. The average molecular weight is 189 g/mol. The summed E-state index contributed by atoms with van der Waals surface area (Å²) in [6.45, 7) is 0. The summed E-state index contributed by atoms with van der Waals surface area (Å²) in [7, 11) is 0. The second-order valence-corrected chi connectivity index (χ2v) is 2.74. The van der Waals surface area contributed by atoms with Crippen LogP contribution in [0.1, 0.15) is 0 Å². The van der Waals surface area contributed by atoms with Crippen molar-refractivity contribution in [3.8, 4) is 0 Å². The summed E-state index contributed by atoms with van der Waals surface area (Å²) in [4.78, 5) is 18.2. The lowest BCUT2D eigenvalue weighted by molar-refractivity contribution is -0.175. The molecule has 0 aromatic heterocycles. The van der Waals surface area contributed by atoms with E-state index in [-0.39, 0.29) is 11.5 Å². The molecule has 0 heterocycles. The molecule has 1 aliphatic rings. The van der Waals surface area contributed by atoms with Crippen LogP contribution in [0.4, 0.5) is 0 Å². The van der Waals surface area contributed by atoms with Gasteiger partial charge in [0.2, 0.25) is 11.2 Å². The summed E-state index contributed by atoms with van der Waals surface area (Å²) < 4.78 is 0. The highest BCUT2D eigenvalue weighted by molar-refractivity contribution is 6.37. The highest BCUT2D eigenvalue weighted by Gasteiger charge is 2.35. The van der Waals surface area contributed by atoms with Crippen LogP contribution >= 0.6 is 0 Å². The lowest BCUT2D eigenvalue weighted by atomic mass is 10.2. The minimum Gasteiger partial charge on any atom is -0.335 e. The molecule has 5 heteroatoms. The Bertz CT molecular complexity index is 568. The van der Waals surface area contributed by atoms with E-state index in [1.807, 2.05) is 0 Å². The van der Waals surface area contributed by atoms with Crippen LogP contribution in [-0.4, -0.2) is 11.0 Å². The van der Waals surface area contributed by atoms with Gasteiger partial charge < -0.3 is 4.89 Å². The molecule has 0 spiro atoms. The smallest absolute Gasteiger partial charge is 0.335 e. The molecule has 14 heavy (non-hydrogen) atoms. The molecule has 0 amide bonds. The number of Topliss-reactive ketones (excluding diaryl/α,β-unsaturated/α-hetero) is 1. The molecule has 0 radical (unpaired) electrons. The number of rotatable bonds is 1. The predicted octanol–water partition coefficient (Wildman–Crippen LogP) is -0.172. The van der Waals surface area contributed by atoms with Gasteiger partial charge in [0, 0.05) is 5.22 Å². The maximum absolute atomic E-state index is 11.4. The minimum atomic E-state index is -0.629. The molecule has 1 aromatic rings. The summed E-state index contributed by atoms with van der Waals surface area (Å²) >= 11 is 0. The number of nitrogens with zero attached hydrogens (tertiary/aromatic N) is 2. The van der Waals surface area contributed by atoms with Crippen LogP contribution < -0.4 is 10.4 Å². The van der Waals surface area contributed by atoms with E-state index in [9.17, 15) is 4.79 Å². The molecule has 0 bridgehead atoms. The van der Waals surface area contributed by atoms with Crippen LogP contribution in [0.15, 0.2) is 24.3 Å². The lowest BCUT2D eigenvalue weighted by Gasteiger charge is -1.90. The van der Waals surface area contributed by atoms with Gasteiger partial charge in [0.05, 0.1) is 5.22 Å². The number of carbonyl (C=O) groups is 1. The quantitative estimate of drug-likeness (QED) is 0.378. The first-order valence-corrected chi connectivity index (χ1v) is 3.84. The highest BCUT2D eigenvalue weighted by Crippen LogP contribution is 2.10. The molecule has 0 aliphatic heterocycles. The molecular formula is C9H5N2O3+. The SMILES string of the molecule is N#[N+]C1=c2ccccc2=C(OO)C1=O. The van der Waals surface area contributed by atoms with E-state index in [1.54, 1.807) is 24.3 Å². The number of carbonyl (C=O) groups excluding carboxylic acids is 1. The Morgan fingerprint density at radius 3 is 2.50 bits per heavy atom. The summed E-state index contributed by atoms with van der Waals surface area (Å²) in [5.41, 5.74) is -0.121. The van der Waals surface area contributed by atoms with Gasteiger partial charge in [-0.25, -0.2) is 5.26 Å². The largest absolute Gasteiger partial charge is 0.443 e. The van der Waals surface area contributed by atoms with Gasteiger partial charge in [-0.05, 0) is 6.07 Å².